The molecule has 3 aromatic carbocycles. The predicted molar refractivity (Wildman–Crippen MR) is 163 cm³/mol. The number of hydrogen-bond donors (Lipinski definition) is 1. The van der Waals surface area contributed by atoms with E-state index in [0.29, 0.717) is 18.6 Å². The van der Waals surface area contributed by atoms with Crippen molar-refractivity contribution in [3.8, 4) is 5.75 Å². The number of ether oxygens (including phenoxy) is 1. The molecule has 0 fully saturated rings. The summed E-state index contributed by atoms with van der Waals surface area (Å²) in [7, 11) is -2.65. The third-order valence-electron chi connectivity index (χ3n) is 6.60. The van der Waals surface area contributed by atoms with Crippen LogP contribution in [-0.2, 0) is 26.0 Å². The molecule has 0 radical (unpaired) electrons. The van der Waals surface area contributed by atoms with E-state index in [1.165, 1.54) is 24.1 Å². The molecule has 0 unspecified atom stereocenters. The largest absolute Gasteiger partial charge is 0.497 e. The summed E-state index contributed by atoms with van der Waals surface area (Å²) in [6.45, 7) is 9.12. The molecular formula is C32H41N3O5S. The number of nitrogens with zero attached hydrogens (tertiary/aromatic N) is 2. The lowest BCUT2D eigenvalue weighted by Crippen LogP contribution is -2.56. The monoisotopic (exact) mass is 579 g/mol. The van der Waals surface area contributed by atoms with Crippen molar-refractivity contribution in [1.82, 2.24) is 10.2 Å². The predicted octanol–water partition coefficient (Wildman–Crippen LogP) is 4.96. The Balaban J connectivity index is 2.04. The van der Waals surface area contributed by atoms with Crippen LogP contribution in [0.25, 0.3) is 0 Å². The van der Waals surface area contributed by atoms with Gasteiger partial charge in [-0.25, -0.2) is 8.42 Å². The molecule has 0 bridgehead atoms. The summed E-state index contributed by atoms with van der Waals surface area (Å²) in [6, 6.07) is 22.0. The molecule has 0 heterocycles. The van der Waals surface area contributed by atoms with E-state index in [2.05, 4.69) is 5.32 Å². The molecule has 1 atom stereocenters. The van der Waals surface area contributed by atoms with Gasteiger partial charge in [0, 0.05) is 18.2 Å². The summed E-state index contributed by atoms with van der Waals surface area (Å²) in [6.07, 6.45) is 0.877. The first-order valence-electron chi connectivity index (χ1n) is 13.7. The van der Waals surface area contributed by atoms with Crippen molar-refractivity contribution in [3.05, 3.63) is 90.0 Å². The molecule has 0 saturated heterocycles. The number of carbonyl (C=O) groups excluding carboxylic acids is 2. The number of sulfonamides is 1. The minimum Gasteiger partial charge on any atom is -0.497 e. The van der Waals surface area contributed by atoms with Crippen LogP contribution in [0.2, 0.25) is 0 Å². The zero-order chi connectivity index (χ0) is 30.2. The van der Waals surface area contributed by atoms with Crippen LogP contribution in [0.5, 0.6) is 5.75 Å². The van der Waals surface area contributed by atoms with Gasteiger partial charge < -0.3 is 15.0 Å². The first kappa shape index (κ1) is 31.7. The summed E-state index contributed by atoms with van der Waals surface area (Å²) in [5, 5.41) is 2.98. The van der Waals surface area contributed by atoms with Gasteiger partial charge in [0.25, 0.3) is 10.0 Å². The normalized spacial score (nSPS) is 12.3. The molecular weight excluding hydrogens is 538 g/mol. The van der Waals surface area contributed by atoms with Gasteiger partial charge >= 0.3 is 0 Å². The summed E-state index contributed by atoms with van der Waals surface area (Å²) >= 11 is 0. The van der Waals surface area contributed by atoms with Crippen LogP contribution in [0.4, 0.5) is 5.69 Å². The van der Waals surface area contributed by atoms with Crippen molar-refractivity contribution in [2.24, 2.45) is 0 Å². The van der Waals surface area contributed by atoms with Crippen molar-refractivity contribution in [1.29, 1.82) is 0 Å². The molecule has 9 heteroatoms. The molecule has 0 aliphatic heterocycles. The smallest absolute Gasteiger partial charge is 0.264 e. The van der Waals surface area contributed by atoms with Crippen LogP contribution < -0.4 is 14.4 Å². The SMILES string of the molecule is CC[C@H](C(=O)NC(C)(C)C)N(CCc1ccccc1)C(=O)CN(c1cccc(OC)c1)S(=O)(=O)c1ccc(C)cc1. The molecule has 0 spiro atoms. The molecule has 220 valence electrons. The van der Waals surface area contributed by atoms with E-state index in [1.807, 2.05) is 65.0 Å². The molecule has 41 heavy (non-hydrogen) atoms. The Morgan fingerprint density at radius 3 is 2.20 bits per heavy atom. The Labute approximate surface area is 244 Å². The van der Waals surface area contributed by atoms with E-state index in [1.54, 1.807) is 36.4 Å². The molecule has 0 aliphatic carbocycles. The molecule has 3 rings (SSSR count). The summed E-state index contributed by atoms with van der Waals surface area (Å²) in [5.74, 6) is -0.304. The van der Waals surface area contributed by atoms with Crippen LogP contribution in [-0.4, -0.2) is 56.9 Å². The lowest BCUT2D eigenvalue weighted by molar-refractivity contribution is -0.140. The number of nitrogens with one attached hydrogen (secondary N) is 1. The minimum atomic E-state index is -4.14. The second-order valence-electron chi connectivity index (χ2n) is 11.0. The zero-order valence-electron chi connectivity index (χ0n) is 24.8. The standard InChI is InChI=1S/C32H41N3O5S/c1-7-29(31(37)33-32(3,4)5)34(21-20-25-12-9-8-10-13-25)30(36)23-35(26-14-11-15-27(22-26)40-6)41(38,39)28-18-16-24(2)17-19-28/h8-19,22,29H,7,20-21,23H2,1-6H3,(H,33,37)/t29-/m1/s1. The Kier molecular flexibility index (Phi) is 10.6. The Morgan fingerprint density at radius 1 is 0.951 bits per heavy atom. The Hall–Kier alpha value is -3.85. The number of amides is 2. The quantitative estimate of drug-likeness (QED) is 0.327. The zero-order valence-corrected chi connectivity index (χ0v) is 25.6. The highest BCUT2D eigenvalue weighted by Gasteiger charge is 2.34. The number of rotatable bonds is 12. The van der Waals surface area contributed by atoms with Gasteiger partial charge in [-0.15, -0.1) is 0 Å². The lowest BCUT2D eigenvalue weighted by Gasteiger charge is -2.34. The number of anilines is 1. The van der Waals surface area contributed by atoms with Gasteiger partial charge in [-0.3, -0.25) is 13.9 Å². The van der Waals surface area contributed by atoms with Crippen LogP contribution in [0, 0.1) is 6.92 Å². The molecule has 2 amide bonds. The third kappa shape index (κ3) is 8.57. The van der Waals surface area contributed by atoms with Crippen LogP contribution in [0.15, 0.2) is 83.8 Å². The van der Waals surface area contributed by atoms with Crippen molar-refractivity contribution in [2.45, 2.75) is 63.9 Å². The second kappa shape index (κ2) is 13.7. The van der Waals surface area contributed by atoms with E-state index >= 15 is 0 Å². The van der Waals surface area contributed by atoms with Gasteiger partial charge in [0.1, 0.15) is 18.3 Å². The van der Waals surface area contributed by atoms with Crippen molar-refractivity contribution >= 4 is 27.5 Å². The number of carbonyl (C=O) groups is 2. The maximum atomic E-state index is 14.1. The van der Waals surface area contributed by atoms with Crippen molar-refractivity contribution in [2.75, 3.05) is 24.5 Å². The highest BCUT2D eigenvalue weighted by Crippen LogP contribution is 2.28. The Morgan fingerprint density at radius 2 is 1.61 bits per heavy atom. The van der Waals surface area contributed by atoms with Crippen molar-refractivity contribution < 1.29 is 22.7 Å². The number of hydrogen-bond acceptors (Lipinski definition) is 5. The van der Waals surface area contributed by atoms with E-state index in [9.17, 15) is 18.0 Å². The average molecular weight is 580 g/mol. The van der Waals surface area contributed by atoms with Gasteiger partial charge in [-0.05, 0) is 70.4 Å². The van der Waals surface area contributed by atoms with E-state index in [0.717, 1.165) is 15.4 Å². The maximum absolute atomic E-state index is 14.1. The first-order chi connectivity index (χ1) is 19.4. The fourth-order valence-corrected chi connectivity index (χ4v) is 5.89. The average Bonchev–Trinajstić information content (AvgIpc) is 2.93. The maximum Gasteiger partial charge on any atom is 0.264 e. The highest BCUT2D eigenvalue weighted by atomic mass is 32.2. The van der Waals surface area contributed by atoms with Crippen LogP contribution >= 0.6 is 0 Å². The number of methoxy groups -OCH3 is 1. The Bertz CT molecular complexity index is 1420. The van der Waals surface area contributed by atoms with Crippen LogP contribution in [0.1, 0.15) is 45.2 Å². The van der Waals surface area contributed by atoms with E-state index in [-0.39, 0.29) is 23.0 Å². The van der Waals surface area contributed by atoms with Gasteiger partial charge in [-0.1, -0.05) is 61.0 Å². The van der Waals surface area contributed by atoms with Gasteiger partial charge in [-0.2, -0.15) is 0 Å². The topological polar surface area (TPSA) is 96.0 Å². The fourth-order valence-electron chi connectivity index (χ4n) is 4.48. The first-order valence-corrected chi connectivity index (χ1v) is 15.2. The summed E-state index contributed by atoms with van der Waals surface area (Å²) < 4.78 is 34.4. The molecule has 8 nitrogen and oxygen atoms in total. The second-order valence-corrected chi connectivity index (χ2v) is 12.9. The highest BCUT2D eigenvalue weighted by molar-refractivity contribution is 7.92. The fraction of sp³-hybridized carbons (Fsp3) is 0.375. The van der Waals surface area contributed by atoms with E-state index in [4.69, 9.17) is 4.74 Å². The van der Waals surface area contributed by atoms with Crippen molar-refractivity contribution in [3.63, 3.8) is 0 Å². The van der Waals surface area contributed by atoms with Gasteiger partial charge in [0.15, 0.2) is 0 Å². The lowest BCUT2D eigenvalue weighted by atomic mass is 10.1. The minimum absolute atomic E-state index is 0.0621. The summed E-state index contributed by atoms with van der Waals surface area (Å²) in [5.41, 5.74) is 1.71. The number of benzene rings is 3. The summed E-state index contributed by atoms with van der Waals surface area (Å²) in [4.78, 5) is 29.1. The van der Waals surface area contributed by atoms with Gasteiger partial charge in [0.2, 0.25) is 11.8 Å². The third-order valence-corrected chi connectivity index (χ3v) is 8.39. The van der Waals surface area contributed by atoms with Gasteiger partial charge in [0.05, 0.1) is 17.7 Å². The molecule has 0 aromatic heterocycles. The number of aryl methyl sites for hydroxylation is 1. The molecule has 0 aliphatic rings. The van der Waals surface area contributed by atoms with Crippen LogP contribution in [0.3, 0.4) is 0 Å². The molecule has 3 aromatic rings. The molecule has 0 saturated carbocycles. The molecule has 1 N–H and O–H groups in total. The van der Waals surface area contributed by atoms with E-state index < -0.39 is 34.1 Å².